The van der Waals surface area contributed by atoms with Crippen molar-refractivity contribution < 1.29 is 18.0 Å². The fourth-order valence-corrected chi connectivity index (χ4v) is 0.306. The summed E-state index contributed by atoms with van der Waals surface area (Å²) >= 11 is 0. The van der Waals surface area contributed by atoms with Crippen molar-refractivity contribution in [2.24, 2.45) is 5.73 Å². The Hall–Kier alpha value is -0.660. The topological polar surface area (TPSA) is 98.5 Å². The Kier molecular flexibility index (Phi) is 3.93. The molecule has 6 nitrogen and oxygen atoms in total. The number of hydrogen-bond acceptors (Lipinski definition) is 5. The molecule has 0 aliphatic rings. The lowest BCUT2D eigenvalue weighted by atomic mass is 10.7. The van der Waals surface area contributed by atoms with Crippen molar-refractivity contribution in [3.63, 3.8) is 0 Å². The molecule has 9 heavy (non-hydrogen) atoms. The fraction of sp³-hybridized carbons (Fsp3) is 0.500. The maximum atomic E-state index is 10.0. The first-order valence-corrected chi connectivity index (χ1v) is 3.14. The van der Waals surface area contributed by atoms with Gasteiger partial charge in [-0.1, -0.05) is 0 Å². The fourth-order valence-electron chi connectivity index (χ4n) is 0.130. The molecule has 54 valence electrons. The predicted octanol–water partition coefficient (Wildman–Crippen LogP) is -2.48. The minimum atomic E-state index is -2.89. The van der Waals surface area contributed by atoms with Crippen molar-refractivity contribution in [3.05, 3.63) is 0 Å². The average Bonchev–Trinajstić information content (AvgIpc) is 1.83. The molecule has 0 heterocycles. The lowest BCUT2D eigenvalue weighted by Crippen LogP contribution is -2.24. The van der Waals surface area contributed by atoms with E-state index in [9.17, 15) is 13.2 Å². The van der Waals surface area contributed by atoms with Crippen LogP contribution >= 0.6 is 0 Å². The van der Waals surface area contributed by atoms with Gasteiger partial charge in [-0.3, -0.25) is 0 Å². The van der Waals surface area contributed by atoms with Crippen molar-refractivity contribution in [1.29, 1.82) is 0 Å². The van der Waals surface area contributed by atoms with E-state index in [1.165, 1.54) is 4.89 Å². The molecule has 0 radical (unpaired) electrons. The van der Waals surface area contributed by atoms with Crippen molar-refractivity contribution in [2.75, 3.05) is 6.54 Å². The SMILES string of the molecule is NCC(=O)ON[SH](=O)=O. The Morgan fingerprint density at radius 2 is 2.22 bits per heavy atom. The molecule has 0 amide bonds. The molecule has 0 aromatic rings. The lowest BCUT2D eigenvalue weighted by molar-refractivity contribution is -0.145. The minimum Gasteiger partial charge on any atom is -0.355 e. The van der Waals surface area contributed by atoms with Crippen molar-refractivity contribution in [2.45, 2.75) is 0 Å². The number of nitrogens with two attached hydrogens (primary N) is 1. The molecule has 0 aliphatic carbocycles. The number of thiol groups is 1. The van der Waals surface area contributed by atoms with Gasteiger partial charge in [-0.25, -0.2) is 13.2 Å². The van der Waals surface area contributed by atoms with E-state index >= 15 is 0 Å². The van der Waals surface area contributed by atoms with E-state index in [4.69, 9.17) is 5.73 Å². The van der Waals surface area contributed by atoms with Crippen LogP contribution in [0.2, 0.25) is 0 Å². The summed E-state index contributed by atoms with van der Waals surface area (Å²) in [7, 11) is -2.89. The molecule has 0 atom stereocenters. The minimum absolute atomic E-state index is 0.351. The summed E-state index contributed by atoms with van der Waals surface area (Å²) < 4.78 is 19.3. The van der Waals surface area contributed by atoms with Gasteiger partial charge in [0.2, 0.25) is 10.9 Å². The Morgan fingerprint density at radius 3 is 2.56 bits per heavy atom. The van der Waals surface area contributed by atoms with Crippen LogP contribution < -0.4 is 10.6 Å². The van der Waals surface area contributed by atoms with E-state index in [0.29, 0.717) is 0 Å². The zero-order valence-electron chi connectivity index (χ0n) is 4.36. The monoisotopic (exact) mass is 154 g/mol. The summed E-state index contributed by atoms with van der Waals surface area (Å²) in [5.41, 5.74) is 4.75. The van der Waals surface area contributed by atoms with Crippen molar-refractivity contribution in [1.82, 2.24) is 4.89 Å². The van der Waals surface area contributed by atoms with E-state index in [-0.39, 0.29) is 6.54 Å². The summed E-state index contributed by atoms with van der Waals surface area (Å²) in [6.45, 7) is -0.351. The van der Waals surface area contributed by atoms with Gasteiger partial charge in [-0.05, 0) is 4.89 Å². The second-order valence-corrected chi connectivity index (χ2v) is 1.72. The molecule has 7 heteroatoms. The number of nitrogens with one attached hydrogen (secondary N) is 1. The summed E-state index contributed by atoms with van der Waals surface area (Å²) in [6.07, 6.45) is 0. The van der Waals surface area contributed by atoms with Gasteiger partial charge < -0.3 is 10.6 Å². The molecule has 0 unspecified atom stereocenters. The van der Waals surface area contributed by atoms with Crippen LogP contribution in [0.4, 0.5) is 0 Å². The number of rotatable bonds is 3. The standard InChI is InChI=1S/C2H6N2O4S/c3-1-2(5)8-4-9(6)7/h9H,1,3H2,(H,4,6,7). The highest BCUT2D eigenvalue weighted by Crippen LogP contribution is 1.65. The maximum absolute atomic E-state index is 10.0. The molecular formula is C2H6N2O4S. The van der Waals surface area contributed by atoms with E-state index < -0.39 is 16.9 Å². The smallest absolute Gasteiger partial charge is 0.339 e. The van der Waals surface area contributed by atoms with Crippen LogP contribution in [0.1, 0.15) is 0 Å². The van der Waals surface area contributed by atoms with Crippen LogP contribution in [-0.2, 0) is 20.5 Å². The van der Waals surface area contributed by atoms with Crippen LogP contribution in [0.5, 0.6) is 0 Å². The Labute approximate surface area is 53.0 Å². The Bertz CT molecular complexity index is 156. The van der Waals surface area contributed by atoms with Gasteiger partial charge in [0.15, 0.2) is 0 Å². The molecule has 0 spiro atoms. The predicted molar refractivity (Wildman–Crippen MR) is 28.6 cm³/mol. The van der Waals surface area contributed by atoms with E-state index in [1.54, 1.807) is 0 Å². The van der Waals surface area contributed by atoms with Gasteiger partial charge in [0.1, 0.15) is 0 Å². The molecular weight excluding hydrogens is 148 g/mol. The highest BCUT2D eigenvalue weighted by molar-refractivity contribution is 7.70. The quantitative estimate of drug-likeness (QED) is 0.309. The normalized spacial score (nSPS) is 9.56. The first-order valence-electron chi connectivity index (χ1n) is 1.96. The molecule has 0 saturated carbocycles. The molecule has 0 saturated heterocycles. The third-order valence-corrected chi connectivity index (χ3v) is 0.641. The van der Waals surface area contributed by atoms with Crippen LogP contribution in [0.15, 0.2) is 0 Å². The van der Waals surface area contributed by atoms with Crippen LogP contribution in [-0.4, -0.2) is 20.9 Å². The van der Waals surface area contributed by atoms with Crippen LogP contribution in [0, 0.1) is 0 Å². The zero-order valence-corrected chi connectivity index (χ0v) is 5.26. The Morgan fingerprint density at radius 1 is 1.67 bits per heavy atom. The summed E-state index contributed by atoms with van der Waals surface area (Å²) in [4.78, 5) is 15.3. The second-order valence-electron chi connectivity index (χ2n) is 1.03. The largest absolute Gasteiger partial charge is 0.355 e. The highest BCUT2D eigenvalue weighted by atomic mass is 32.2. The summed E-state index contributed by atoms with van der Waals surface area (Å²) in [5.74, 6) is -0.825. The average molecular weight is 154 g/mol. The van der Waals surface area contributed by atoms with Gasteiger partial charge in [0, 0.05) is 0 Å². The second kappa shape index (κ2) is 4.24. The van der Waals surface area contributed by atoms with Gasteiger partial charge in [0.05, 0.1) is 6.54 Å². The zero-order chi connectivity index (χ0) is 7.28. The maximum Gasteiger partial charge on any atom is 0.339 e. The lowest BCUT2D eigenvalue weighted by Gasteiger charge is -1.93. The molecule has 0 rings (SSSR count). The molecule has 0 aromatic carbocycles. The van der Waals surface area contributed by atoms with Gasteiger partial charge in [0.25, 0.3) is 0 Å². The van der Waals surface area contributed by atoms with Crippen LogP contribution in [0.3, 0.4) is 0 Å². The van der Waals surface area contributed by atoms with Crippen LogP contribution in [0.25, 0.3) is 0 Å². The van der Waals surface area contributed by atoms with E-state index in [0.717, 1.165) is 0 Å². The van der Waals surface area contributed by atoms with Gasteiger partial charge in [-0.15, -0.1) is 0 Å². The van der Waals surface area contributed by atoms with E-state index in [2.05, 4.69) is 4.84 Å². The van der Waals surface area contributed by atoms with Gasteiger partial charge >= 0.3 is 5.97 Å². The number of carbonyl (C=O) groups is 1. The third-order valence-electron chi connectivity index (χ3n) is 0.401. The van der Waals surface area contributed by atoms with E-state index in [1.807, 2.05) is 0 Å². The van der Waals surface area contributed by atoms with Crippen molar-refractivity contribution >= 4 is 16.9 Å². The first-order chi connectivity index (χ1) is 4.16. The highest BCUT2D eigenvalue weighted by Gasteiger charge is 1.95. The van der Waals surface area contributed by atoms with Gasteiger partial charge in [-0.2, -0.15) is 0 Å². The molecule has 3 N–H and O–H groups in total. The molecule has 0 aromatic heterocycles. The molecule has 0 bridgehead atoms. The Balaban J connectivity index is 3.39. The summed E-state index contributed by atoms with van der Waals surface area (Å²) in [6, 6.07) is 0. The third kappa shape index (κ3) is 5.21. The number of hydrogen-bond donors (Lipinski definition) is 3. The van der Waals surface area contributed by atoms with Crippen molar-refractivity contribution in [3.8, 4) is 0 Å². The molecule has 0 aliphatic heterocycles. The summed E-state index contributed by atoms with van der Waals surface area (Å²) in [5, 5.41) is 0. The first kappa shape index (κ1) is 8.34. The number of carbonyl (C=O) groups excluding carboxylic acids is 1. The molecule has 0 fully saturated rings.